The summed E-state index contributed by atoms with van der Waals surface area (Å²) in [6, 6.07) is 3.87. The van der Waals surface area contributed by atoms with Gasteiger partial charge in [-0.15, -0.1) is 0 Å². The molecule has 0 aliphatic rings. The van der Waals surface area contributed by atoms with E-state index in [4.69, 9.17) is 9.84 Å². The van der Waals surface area contributed by atoms with E-state index >= 15 is 0 Å². The fourth-order valence-electron chi connectivity index (χ4n) is 2.58. The SMILES string of the molecule is CCC(CC)(CC(=O)O)NC(=O)CCC(=O)c1ccc(OC)c(F)c1. The third-order valence-electron chi connectivity index (χ3n) is 4.30. The maximum atomic E-state index is 13.6. The van der Waals surface area contributed by atoms with Crippen molar-refractivity contribution < 1.29 is 28.6 Å². The number of benzene rings is 1. The number of nitrogens with one attached hydrogen (secondary N) is 1. The Kier molecular flexibility index (Phi) is 7.54. The van der Waals surface area contributed by atoms with Gasteiger partial charge in [0.25, 0.3) is 0 Å². The Morgan fingerprint density at radius 3 is 2.32 bits per heavy atom. The second-order valence-corrected chi connectivity index (χ2v) is 5.88. The largest absolute Gasteiger partial charge is 0.494 e. The zero-order valence-electron chi connectivity index (χ0n) is 14.7. The van der Waals surface area contributed by atoms with E-state index in [1.807, 2.05) is 0 Å². The summed E-state index contributed by atoms with van der Waals surface area (Å²) in [6.07, 6.45) is 0.587. The van der Waals surface area contributed by atoms with E-state index in [-0.39, 0.29) is 36.4 Å². The minimum absolute atomic E-state index is 0.0404. The van der Waals surface area contributed by atoms with E-state index in [1.54, 1.807) is 13.8 Å². The highest BCUT2D eigenvalue weighted by Crippen LogP contribution is 2.21. The molecule has 0 saturated carbocycles. The van der Waals surface area contributed by atoms with Gasteiger partial charge in [-0.05, 0) is 31.0 Å². The molecule has 1 amide bonds. The number of ether oxygens (including phenoxy) is 1. The molecule has 0 spiro atoms. The summed E-state index contributed by atoms with van der Waals surface area (Å²) >= 11 is 0. The molecule has 0 atom stereocenters. The molecule has 1 rings (SSSR count). The number of carboxylic acid groups (broad SMARTS) is 1. The van der Waals surface area contributed by atoms with Crippen LogP contribution in [0.4, 0.5) is 4.39 Å². The summed E-state index contributed by atoms with van der Waals surface area (Å²) in [5.74, 6) is -2.36. The molecule has 1 aromatic rings. The van der Waals surface area contributed by atoms with Gasteiger partial charge in [-0.1, -0.05) is 13.8 Å². The maximum absolute atomic E-state index is 13.6. The Morgan fingerprint density at radius 2 is 1.84 bits per heavy atom. The van der Waals surface area contributed by atoms with Gasteiger partial charge in [-0.2, -0.15) is 0 Å². The van der Waals surface area contributed by atoms with Crippen molar-refractivity contribution in [1.82, 2.24) is 5.32 Å². The maximum Gasteiger partial charge on any atom is 0.305 e. The van der Waals surface area contributed by atoms with Crippen LogP contribution in [0, 0.1) is 5.82 Å². The van der Waals surface area contributed by atoms with Crippen molar-refractivity contribution in [3.8, 4) is 5.75 Å². The first kappa shape index (κ1) is 20.6. The first-order valence-corrected chi connectivity index (χ1v) is 8.16. The Labute approximate surface area is 146 Å². The highest BCUT2D eigenvalue weighted by atomic mass is 19.1. The van der Waals surface area contributed by atoms with Crippen molar-refractivity contribution in [3.05, 3.63) is 29.6 Å². The third-order valence-corrected chi connectivity index (χ3v) is 4.30. The summed E-state index contributed by atoms with van der Waals surface area (Å²) in [7, 11) is 1.33. The molecule has 7 heteroatoms. The van der Waals surface area contributed by atoms with Crippen molar-refractivity contribution >= 4 is 17.7 Å². The number of hydrogen-bond acceptors (Lipinski definition) is 4. The highest BCUT2D eigenvalue weighted by molar-refractivity contribution is 5.98. The number of rotatable bonds is 10. The quantitative estimate of drug-likeness (QED) is 0.631. The minimum Gasteiger partial charge on any atom is -0.494 e. The average molecular weight is 353 g/mol. The lowest BCUT2D eigenvalue weighted by atomic mass is 9.88. The molecule has 0 radical (unpaired) electrons. The molecule has 6 nitrogen and oxygen atoms in total. The lowest BCUT2D eigenvalue weighted by Gasteiger charge is -2.31. The van der Waals surface area contributed by atoms with Crippen molar-refractivity contribution in [2.24, 2.45) is 0 Å². The monoisotopic (exact) mass is 353 g/mol. The van der Waals surface area contributed by atoms with Crippen LogP contribution >= 0.6 is 0 Å². The van der Waals surface area contributed by atoms with Crippen LogP contribution in [0.3, 0.4) is 0 Å². The van der Waals surface area contributed by atoms with Gasteiger partial charge in [-0.3, -0.25) is 14.4 Å². The van der Waals surface area contributed by atoms with Crippen LogP contribution in [0.1, 0.15) is 56.3 Å². The van der Waals surface area contributed by atoms with Gasteiger partial charge < -0.3 is 15.2 Å². The zero-order chi connectivity index (χ0) is 19.0. The van der Waals surface area contributed by atoms with Gasteiger partial charge in [-0.25, -0.2) is 4.39 Å². The molecule has 0 bridgehead atoms. The Hall–Kier alpha value is -2.44. The van der Waals surface area contributed by atoms with Crippen LogP contribution in [-0.4, -0.2) is 35.4 Å². The number of carbonyl (C=O) groups excluding carboxylic acids is 2. The number of Topliss-reactive ketones (excluding diaryl/α,β-unsaturated/α-hetero) is 1. The second kappa shape index (κ2) is 9.15. The summed E-state index contributed by atoms with van der Waals surface area (Å²) in [4.78, 5) is 35.2. The lowest BCUT2D eigenvalue weighted by Crippen LogP contribution is -2.49. The van der Waals surface area contributed by atoms with E-state index in [0.29, 0.717) is 12.8 Å². The molecule has 0 saturated heterocycles. The number of hydrogen-bond donors (Lipinski definition) is 2. The number of carboxylic acids is 1. The van der Waals surface area contributed by atoms with Crippen LogP contribution < -0.4 is 10.1 Å². The molecule has 1 aromatic carbocycles. The van der Waals surface area contributed by atoms with Gasteiger partial charge in [0.1, 0.15) is 0 Å². The second-order valence-electron chi connectivity index (χ2n) is 5.88. The Morgan fingerprint density at radius 1 is 1.20 bits per heavy atom. The van der Waals surface area contributed by atoms with Crippen LogP contribution in [0.25, 0.3) is 0 Å². The van der Waals surface area contributed by atoms with Crippen molar-refractivity contribution in [2.45, 2.75) is 51.5 Å². The van der Waals surface area contributed by atoms with Gasteiger partial charge in [0, 0.05) is 23.9 Å². The molecular formula is C18H24FNO5. The molecule has 0 heterocycles. The topological polar surface area (TPSA) is 92.7 Å². The van der Waals surface area contributed by atoms with Crippen molar-refractivity contribution in [2.75, 3.05) is 7.11 Å². The van der Waals surface area contributed by atoms with E-state index in [0.717, 1.165) is 6.07 Å². The van der Waals surface area contributed by atoms with Gasteiger partial charge in [0.2, 0.25) is 5.91 Å². The van der Waals surface area contributed by atoms with Crippen LogP contribution in [0.15, 0.2) is 18.2 Å². The van der Waals surface area contributed by atoms with Crippen molar-refractivity contribution in [1.29, 1.82) is 0 Å². The normalized spacial score (nSPS) is 11.0. The molecule has 138 valence electrons. The van der Waals surface area contributed by atoms with E-state index in [1.165, 1.54) is 19.2 Å². The van der Waals surface area contributed by atoms with Crippen LogP contribution in [-0.2, 0) is 9.59 Å². The van der Waals surface area contributed by atoms with Crippen LogP contribution in [0.5, 0.6) is 5.75 Å². The lowest BCUT2D eigenvalue weighted by molar-refractivity contribution is -0.139. The number of carbonyl (C=O) groups is 3. The Bertz CT molecular complexity index is 640. The molecule has 0 aliphatic carbocycles. The third kappa shape index (κ3) is 5.85. The fourth-order valence-corrected chi connectivity index (χ4v) is 2.58. The predicted molar refractivity (Wildman–Crippen MR) is 90.2 cm³/mol. The van der Waals surface area contributed by atoms with E-state index in [9.17, 15) is 18.8 Å². The number of amides is 1. The smallest absolute Gasteiger partial charge is 0.305 e. The molecule has 25 heavy (non-hydrogen) atoms. The molecule has 0 aliphatic heterocycles. The molecule has 0 unspecified atom stereocenters. The molecule has 0 fully saturated rings. The predicted octanol–water partition coefficient (Wildman–Crippen LogP) is 2.95. The summed E-state index contributed by atoms with van der Waals surface area (Å²) in [5.41, 5.74) is -0.660. The van der Waals surface area contributed by atoms with E-state index < -0.39 is 23.2 Å². The molecule has 2 N–H and O–H groups in total. The zero-order valence-corrected chi connectivity index (χ0v) is 14.7. The number of halogens is 1. The summed E-state index contributed by atoms with van der Waals surface area (Å²) in [6.45, 7) is 3.61. The van der Waals surface area contributed by atoms with Crippen molar-refractivity contribution in [3.63, 3.8) is 0 Å². The number of aliphatic carboxylic acids is 1. The molecule has 0 aromatic heterocycles. The summed E-state index contributed by atoms with van der Waals surface area (Å²) in [5, 5.41) is 11.7. The number of methoxy groups -OCH3 is 1. The Balaban J connectivity index is 2.67. The van der Waals surface area contributed by atoms with E-state index in [2.05, 4.69) is 5.32 Å². The fraction of sp³-hybridized carbons (Fsp3) is 0.500. The summed E-state index contributed by atoms with van der Waals surface area (Å²) < 4.78 is 18.4. The highest BCUT2D eigenvalue weighted by Gasteiger charge is 2.30. The van der Waals surface area contributed by atoms with Gasteiger partial charge in [0.05, 0.1) is 13.5 Å². The standard InChI is InChI=1S/C18H24FNO5/c1-4-18(5-2,11-17(23)24)20-16(22)9-7-14(21)12-6-8-15(25-3)13(19)10-12/h6,8,10H,4-5,7,9,11H2,1-3H3,(H,20,22)(H,23,24). The first-order valence-electron chi connectivity index (χ1n) is 8.16. The first-order chi connectivity index (χ1) is 11.8. The average Bonchev–Trinajstić information content (AvgIpc) is 2.58. The van der Waals surface area contributed by atoms with Gasteiger partial charge >= 0.3 is 5.97 Å². The van der Waals surface area contributed by atoms with Crippen LogP contribution in [0.2, 0.25) is 0 Å². The number of ketones is 1. The molecular weight excluding hydrogens is 329 g/mol. The minimum atomic E-state index is -0.992. The van der Waals surface area contributed by atoms with Gasteiger partial charge in [0.15, 0.2) is 17.3 Å².